The molecular weight excluding hydrogens is 393 g/mol. The van der Waals surface area contributed by atoms with Crippen LogP contribution in [0.1, 0.15) is 47.0 Å². The topological polar surface area (TPSA) is 63.4 Å². The van der Waals surface area contributed by atoms with Crippen LogP contribution in [0.25, 0.3) is 0 Å². The Kier molecular flexibility index (Phi) is 4.30. The normalized spacial score (nSPS) is 43.3. The molecule has 3 fully saturated rings. The van der Waals surface area contributed by atoms with Gasteiger partial charge in [-0.2, -0.15) is 0 Å². The predicted molar refractivity (Wildman–Crippen MR) is 104 cm³/mol. The number of rotatable bonds is 3. The van der Waals surface area contributed by atoms with Crippen LogP contribution in [-0.4, -0.2) is 30.6 Å². The van der Waals surface area contributed by atoms with Gasteiger partial charge < -0.3 is 0 Å². The molecule has 1 aromatic carbocycles. The summed E-state index contributed by atoms with van der Waals surface area (Å²) in [4.78, 5) is 11.6. The van der Waals surface area contributed by atoms with Gasteiger partial charge >= 0.3 is 162 Å². The summed E-state index contributed by atoms with van der Waals surface area (Å²) in [5.41, 5.74) is 0.0765. The van der Waals surface area contributed by atoms with Crippen molar-refractivity contribution in [2.45, 2.75) is 57.4 Å². The van der Waals surface area contributed by atoms with E-state index in [1.165, 1.54) is 0 Å². The van der Waals surface area contributed by atoms with Gasteiger partial charge in [0.05, 0.1) is 0 Å². The first-order valence-electron chi connectivity index (χ1n) is 9.77. The molecule has 26 heavy (non-hydrogen) atoms. The third kappa shape index (κ3) is 2.75. The molecule has 4 rings (SSSR count). The summed E-state index contributed by atoms with van der Waals surface area (Å²) in [7, 11) is 0. The summed E-state index contributed by atoms with van der Waals surface area (Å²) >= 11 is 0.0693. The summed E-state index contributed by atoms with van der Waals surface area (Å²) in [6.07, 6.45) is 3.06. The van der Waals surface area contributed by atoms with Gasteiger partial charge in [0.25, 0.3) is 0 Å². The van der Waals surface area contributed by atoms with E-state index in [0.717, 1.165) is 29.6 Å². The summed E-state index contributed by atoms with van der Waals surface area (Å²) < 4.78 is 0.907. The fourth-order valence-electron chi connectivity index (χ4n) is 6.24. The first-order chi connectivity index (χ1) is 12.1. The van der Waals surface area contributed by atoms with Crippen LogP contribution < -0.4 is 4.46 Å². The maximum atomic E-state index is 11.4. The van der Waals surface area contributed by atoms with Gasteiger partial charge in [0.15, 0.2) is 0 Å². The molecule has 1 N–H and O–H groups in total. The molecule has 0 amide bonds. The number of para-hydroxylation sites is 1. The van der Waals surface area contributed by atoms with Crippen molar-refractivity contribution in [3.63, 3.8) is 0 Å². The van der Waals surface area contributed by atoms with Crippen molar-refractivity contribution in [1.29, 1.82) is 0 Å². The quantitative estimate of drug-likeness (QED) is 0.458. The van der Waals surface area contributed by atoms with Gasteiger partial charge in [0.1, 0.15) is 0 Å². The number of aliphatic hydroxyl groups is 1. The van der Waals surface area contributed by atoms with Crippen LogP contribution in [0.2, 0.25) is 4.82 Å². The number of fused-ring (bicyclic) bond motifs is 3. The second-order valence-electron chi connectivity index (χ2n) is 9.51. The Bertz CT molecular complexity index is 732. The van der Waals surface area contributed by atoms with E-state index in [0.29, 0.717) is 33.9 Å². The summed E-state index contributed by atoms with van der Waals surface area (Å²) in [6, 6.07) is 7.23. The molecule has 3 saturated carbocycles. The Morgan fingerprint density at radius 2 is 1.92 bits per heavy atom. The van der Waals surface area contributed by atoms with Crippen molar-refractivity contribution in [3.8, 4) is 0 Å². The Hall–Kier alpha value is -0.901. The van der Waals surface area contributed by atoms with Crippen molar-refractivity contribution in [1.82, 2.24) is 0 Å². The number of benzene rings is 1. The van der Waals surface area contributed by atoms with E-state index in [9.17, 15) is 15.2 Å². The van der Waals surface area contributed by atoms with Crippen LogP contribution in [0.4, 0.5) is 5.69 Å². The summed E-state index contributed by atoms with van der Waals surface area (Å²) in [6.45, 7) is 9.17. The van der Waals surface area contributed by atoms with E-state index >= 15 is 0 Å². The van der Waals surface area contributed by atoms with Gasteiger partial charge in [-0.15, -0.1) is 0 Å². The van der Waals surface area contributed by atoms with Crippen molar-refractivity contribution < 1.29 is 10.0 Å². The van der Waals surface area contributed by atoms with Crippen molar-refractivity contribution in [2.75, 3.05) is 0 Å². The zero-order valence-corrected chi connectivity index (χ0v) is 17.7. The molecule has 0 spiro atoms. The second-order valence-corrected chi connectivity index (χ2v) is 12.2. The maximum absolute atomic E-state index is 11.4. The second kappa shape index (κ2) is 6.05. The van der Waals surface area contributed by atoms with E-state index in [2.05, 4.69) is 20.8 Å². The standard InChI is InChI=1S/C21H29NO3Se/c1-12-17(26-16-8-6-5-7-15(16)22(24)25)11-14-18(12)19-13(20(19,2)3)9-10-21(14,4)23/h5-8,12-14,17-19,23H,9-11H2,1-4H3/t12-,13+,14-,17-,18+,19+,21-/m1/s1. The monoisotopic (exact) mass is 423 g/mol. The van der Waals surface area contributed by atoms with Gasteiger partial charge in [0, 0.05) is 0 Å². The fourth-order valence-corrected chi connectivity index (χ4v) is 9.28. The van der Waals surface area contributed by atoms with Gasteiger partial charge in [-0.1, -0.05) is 0 Å². The van der Waals surface area contributed by atoms with Crippen LogP contribution in [-0.2, 0) is 0 Å². The number of hydrogen-bond donors (Lipinski definition) is 1. The molecule has 5 heteroatoms. The molecule has 142 valence electrons. The van der Waals surface area contributed by atoms with Crippen LogP contribution in [0.3, 0.4) is 0 Å². The van der Waals surface area contributed by atoms with E-state index < -0.39 is 5.60 Å². The Morgan fingerprint density at radius 1 is 1.23 bits per heavy atom. The summed E-state index contributed by atoms with van der Waals surface area (Å²) in [5.74, 6) is 2.87. The first-order valence-corrected chi connectivity index (χ1v) is 11.6. The minimum absolute atomic E-state index is 0.0693. The SMILES string of the molecule is C[C@H]1[C@@H]2[C@@H]3[C@H](CC[C@@](C)(O)[C@@H]2C[C@H]1[Se]c1ccccc1[N+](=O)[O-])C3(C)C. The number of nitro groups is 1. The molecule has 0 aliphatic heterocycles. The number of hydrogen-bond acceptors (Lipinski definition) is 3. The molecule has 1 aromatic rings. The average molecular weight is 422 g/mol. The average Bonchev–Trinajstić information content (AvgIpc) is 3.00. The third-order valence-corrected chi connectivity index (χ3v) is 11.0. The zero-order chi connectivity index (χ0) is 18.9. The Labute approximate surface area is 162 Å². The van der Waals surface area contributed by atoms with Crippen molar-refractivity contribution >= 4 is 25.1 Å². The number of nitrogens with zero attached hydrogens (tertiary/aromatic N) is 1. The molecule has 0 heterocycles. The molecule has 0 bridgehead atoms. The molecule has 7 atom stereocenters. The van der Waals surface area contributed by atoms with Crippen molar-refractivity contribution in [2.24, 2.45) is 35.0 Å². The van der Waals surface area contributed by atoms with Gasteiger partial charge in [0.2, 0.25) is 0 Å². The Balaban J connectivity index is 1.62. The van der Waals surface area contributed by atoms with Crippen LogP contribution in [0.15, 0.2) is 24.3 Å². The zero-order valence-electron chi connectivity index (χ0n) is 16.0. The van der Waals surface area contributed by atoms with Crippen LogP contribution in [0.5, 0.6) is 0 Å². The van der Waals surface area contributed by atoms with Gasteiger partial charge in [-0.05, 0) is 0 Å². The van der Waals surface area contributed by atoms with E-state index in [1.54, 1.807) is 12.1 Å². The molecule has 0 radical (unpaired) electrons. The number of nitro benzene ring substituents is 1. The van der Waals surface area contributed by atoms with Gasteiger partial charge in [-0.3, -0.25) is 0 Å². The summed E-state index contributed by atoms with van der Waals surface area (Å²) in [5, 5.41) is 22.6. The minimum atomic E-state index is -0.587. The Morgan fingerprint density at radius 3 is 2.62 bits per heavy atom. The third-order valence-electron chi connectivity index (χ3n) is 7.80. The van der Waals surface area contributed by atoms with E-state index in [1.807, 2.05) is 19.1 Å². The molecule has 4 nitrogen and oxygen atoms in total. The molecular formula is C21H29NO3Se. The van der Waals surface area contributed by atoms with Gasteiger partial charge in [-0.25, -0.2) is 0 Å². The van der Waals surface area contributed by atoms with E-state index in [4.69, 9.17) is 0 Å². The van der Waals surface area contributed by atoms with E-state index in [-0.39, 0.29) is 25.6 Å². The molecule has 0 unspecified atom stereocenters. The molecule has 0 saturated heterocycles. The van der Waals surface area contributed by atoms with Crippen molar-refractivity contribution in [3.05, 3.63) is 34.4 Å². The molecule has 3 aliphatic carbocycles. The van der Waals surface area contributed by atoms with Crippen LogP contribution >= 0.6 is 0 Å². The molecule has 0 aromatic heterocycles. The predicted octanol–water partition coefficient (Wildman–Crippen LogP) is 3.80. The first kappa shape index (κ1) is 18.5. The van der Waals surface area contributed by atoms with Crippen LogP contribution in [0, 0.1) is 45.1 Å². The molecule has 3 aliphatic rings. The fraction of sp³-hybridized carbons (Fsp3) is 0.714.